The van der Waals surface area contributed by atoms with E-state index in [1.165, 1.54) is 0 Å². The van der Waals surface area contributed by atoms with E-state index in [1.807, 2.05) is 11.7 Å². The molecule has 1 heterocycles. The highest BCUT2D eigenvalue weighted by atomic mass is 15.3. The molecule has 0 amide bonds. The average Bonchev–Trinajstić information content (AvgIpc) is 2.50. The quantitative estimate of drug-likeness (QED) is 0.763. The maximum absolute atomic E-state index is 5.73. The van der Waals surface area contributed by atoms with Crippen LogP contribution in [-0.2, 0) is 13.5 Å². The molecule has 4 nitrogen and oxygen atoms in total. The number of aryl methyl sites for hydroxylation is 1. The average molecular weight is 196 g/mol. The van der Waals surface area contributed by atoms with Gasteiger partial charge in [0.2, 0.25) is 0 Å². The van der Waals surface area contributed by atoms with Crippen molar-refractivity contribution in [1.82, 2.24) is 14.8 Å². The van der Waals surface area contributed by atoms with Crippen molar-refractivity contribution in [2.75, 3.05) is 6.54 Å². The Bertz CT molecular complexity index is 267. The zero-order valence-corrected chi connectivity index (χ0v) is 9.27. The summed E-state index contributed by atoms with van der Waals surface area (Å²) >= 11 is 0. The minimum absolute atomic E-state index is 0.526. The van der Waals surface area contributed by atoms with E-state index in [9.17, 15) is 0 Å². The minimum Gasteiger partial charge on any atom is -0.330 e. The molecule has 1 rings (SSSR count). The van der Waals surface area contributed by atoms with Gasteiger partial charge < -0.3 is 5.73 Å². The van der Waals surface area contributed by atoms with Crippen LogP contribution in [0.5, 0.6) is 0 Å². The van der Waals surface area contributed by atoms with E-state index in [2.05, 4.69) is 23.9 Å². The topological polar surface area (TPSA) is 56.7 Å². The molecule has 0 aliphatic carbocycles. The van der Waals surface area contributed by atoms with Gasteiger partial charge >= 0.3 is 0 Å². The summed E-state index contributed by atoms with van der Waals surface area (Å²) in [5, 5.41) is 4.05. The van der Waals surface area contributed by atoms with E-state index < -0.39 is 0 Å². The third kappa shape index (κ3) is 3.10. The Labute approximate surface area is 85.5 Å². The zero-order valence-electron chi connectivity index (χ0n) is 9.27. The third-order valence-corrected chi connectivity index (χ3v) is 2.41. The van der Waals surface area contributed by atoms with Crippen molar-refractivity contribution in [3.63, 3.8) is 0 Å². The van der Waals surface area contributed by atoms with Gasteiger partial charge in [-0.05, 0) is 24.8 Å². The van der Waals surface area contributed by atoms with Crippen LogP contribution in [0.25, 0.3) is 0 Å². The van der Waals surface area contributed by atoms with E-state index in [4.69, 9.17) is 5.73 Å². The second kappa shape index (κ2) is 5.10. The maximum Gasteiger partial charge on any atom is 0.138 e. The number of hydrogen-bond donors (Lipinski definition) is 1. The molecule has 0 saturated heterocycles. The summed E-state index contributed by atoms with van der Waals surface area (Å²) in [6, 6.07) is 0. The van der Waals surface area contributed by atoms with E-state index in [1.54, 1.807) is 6.33 Å². The van der Waals surface area contributed by atoms with Gasteiger partial charge in [0.1, 0.15) is 12.2 Å². The van der Waals surface area contributed by atoms with E-state index in [0.717, 1.165) is 25.2 Å². The lowest BCUT2D eigenvalue weighted by molar-refractivity contribution is 0.403. The Kier molecular flexibility index (Phi) is 4.07. The van der Waals surface area contributed by atoms with Crippen LogP contribution in [-0.4, -0.2) is 21.3 Å². The van der Waals surface area contributed by atoms with Crippen LogP contribution in [0.4, 0.5) is 0 Å². The van der Waals surface area contributed by atoms with Crippen molar-refractivity contribution in [3.8, 4) is 0 Å². The summed E-state index contributed by atoms with van der Waals surface area (Å²) in [5.74, 6) is 2.25. The molecule has 2 N–H and O–H groups in total. The van der Waals surface area contributed by atoms with Crippen LogP contribution in [0.3, 0.4) is 0 Å². The highest BCUT2D eigenvalue weighted by Crippen LogP contribution is 2.14. The number of rotatable bonds is 5. The van der Waals surface area contributed by atoms with Crippen LogP contribution in [0, 0.1) is 11.8 Å². The monoisotopic (exact) mass is 196 g/mol. The fourth-order valence-corrected chi connectivity index (χ4v) is 1.69. The lowest BCUT2D eigenvalue weighted by Gasteiger charge is -2.15. The first-order valence-electron chi connectivity index (χ1n) is 5.16. The second-order valence-electron chi connectivity index (χ2n) is 4.24. The summed E-state index contributed by atoms with van der Waals surface area (Å²) in [6.07, 6.45) is 3.69. The lowest BCUT2D eigenvalue weighted by Crippen LogP contribution is -2.20. The summed E-state index contributed by atoms with van der Waals surface area (Å²) in [5.41, 5.74) is 5.73. The Morgan fingerprint density at radius 2 is 2.21 bits per heavy atom. The summed E-state index contributed by atoms with van der Waals surface area (Å²) in [7, 11) is 1.92. The van der Waals surface area contributed by atoms with Gasteiger partial charge in [-0.3, -0.25) is 4.68 Å². The molecule has 4 heteroatoms. The molecule has 1 aromatic rings. The van der Waals surface area contributed by atoms with Crippen molar-refractivity contribution in [2.24, 2.45) is 24.6 Å². The fourth-order valence-electron chi connectivity index (χ4n) is 1.69. The Hall–Kier alpha value is -0.900. The molecular weight excluding hydrogens is 176 g/mol. The second-order valence-corrected chi connectivity index (χ2v) is 4.24. The van der Waals surface area contributed by atoms with Gasteiger partial charge in [0.15, 0.2) is 0 Å². The number of nitrogens with two attached hydrogens (primary N) is 1. The molecular formula is C10H20N4. The van der Waals surface area contributed by atoms with Crippen molar-refractivity contribution in [2.45, 2.75) is 26.7 Å². The molecule has 14 heavy (non-hydrogen) atoms. The van der Waals surface area contributed by atoms with Crippen molar-refractivity contribution in [1.29, 1.82) is 0 Å². The van der Waals surface area contributed by atoms with Gasteiger partial charge in [-0.15, -0.1) is 0 Å². The molecule has 1 atom stereocenters. The molecule has 0 saturated carbocycles. The third-order valence-electron chi connectivity index (χ3n) is 2.41. The van der Waals surface area contributed by atoms with Crippen LogP contribution >= 0.6 is 0 Å². The van der Waals surface area contributed by atoms with Gasteiger partial charge in [0.25, 0.3) is 0 Å². The highest BCUT2D eigenvalue weighted by Gasteiger charge is 2.12. The lowest BCUT2D eigenvalue weighted by atomic mass is 9.94. The smallest absolute Gasteiger partial charge is 0.138 e. The standard InChI is InChI=1S/C10H20N4/c1-8(2)4-9(6-11)5-10-12-7-13-14(10)3/h7-9H,4-6,11H2,1-3H3. The van der Waals surface area contributed by atoms with Gasteiger partial charge in [-0.25, -0.2) is 4.98 Å². The van der Waals surface area contributed by atoms with Crippen molar-refractivity contribution < 1.29 is 0 Å². The van der Waals surface area contributed by atoms with Crippen molar-refractivity contribution in [3.05, 3.63) is 12.2 Å². The summed E-state index contributed by atoms with van der Waals surface area (Å²) < 4.78 is 1.82. The predicted molar refractivity (Wildman–Crippen MR) is 56.7 cm³/mol. The summed E-state index contributed by atoms with van der Waals surface area (Å²) in [6.45, 7) is 5.17. The predicted octanol–water partition coefficient (Wildman–Crippen LogP) is 0.979. The van der Waals surface area contributed by atoms with Gasteiger partial charge in [-0.1, -0.05) is 13.8 Å². The van der Waals surface area contributed by atoms with Crippen LogP contribution in [0.15, 0.2) is 6.33 Å². The molecule has 0 spiro atoms. The molecule has 1 aromatic heterocycles. The van der Waals surface area contributed by atoms with Crippen LogP contribution in [0.2, 0.25) is 0 Å². The van der Waals surface area contributed by atoms with E-state index in [-0.39, 0.29) is 0 Å². The normalized spacial score (nSPS) is 13.5. The Balaban J connectivity index is 2.52. The van der Waals surface area contributed by atoms with Gasteiger partial charge in [-0.2, -0.15) is 5.10 Å². The maximum atomic E-state index is 5.73. The van der Waals surface area contributed by atoms with Gasteiger partial charge in [0.05, 0.1) is 0 Å². The Morgan fingerprint density at radius 1 is 1.50 bits per heavy atom. The molecule has 0 fully saturated rings. The van der Waals surface area contributed by atoms with E-state index >= 15 is 0 Å². The molecule has 0 radical (unpaired) electrons. The largest absolute Gasteiger partial charge is 0.330 e. The first kappa shape index (κ1) is 11.2. The molecule has 0 bridgehead atoms. The molecule has 0 aliphatic heterocycles. The SMILES string of the molecule is CC(C)CC(CN)Cc1ncnn1C. The molecule has 80 valence electrons. The van der Waals surface area contributed by atoms with Crippen molar-refractivity contribution >= 4 is 0 Å². The first-order chi connectivity index (χ1) is 6.63. The highest BCUT2D eigenvalue weighted by molar-refractivity contribution is 4.86. The first-order valence-corrected chi connectivity index (χ1v) is 5.16. The molecule has 0 aromatic carbocycles. The summed E-state index contributed by atoms with van der Waals surface area (Å²) in [4.78, 5) is 4.21. The number of nitrogens with zero attached hydrogens (tertiary/aromatic N) is 3. The molecule has 0 aliphatic rings. The van der Waals surface area contributed by atoms with E-state index in [0.29, 0.717) is 11.8 Å². The van der Waals surface area contributed by atoms with Crippen LogP contribution < -0.4 is 5.73 Å². The number of aromatic nitrogens is 3. The minimum atomic E-state index is 0.526. The van der Waals surface area contributed by atoms with Gasteiger partial charge in [0, 0.05) is 13.5 Å². The number of hydrogen-bond acceptors (Lipinski definition) is 3. The fraction of sp³-hybridized carbons (Fsp3) is 0.800. The molecule has 1 unspecified atom stereocenters. The van der Waals surface area contributed by atoms with Crippen LogP contribution in [0.1, 0.15) is 26.1 Å². The Morgan fingerprint density at radius 3 is 2.64 bits per heavy atom. The zero-order chi connectivity index (χ0) is 10.6.